The summed E-state index contributed by atoms with van der Waals surface area (Å²) in [7, 11) is 0. The van der Waals surface area contributed by atoms with E-state index >= 15 is 0 Å². The maximum absolute atomic E-state index is 11.7. The minimum atomic E-state index is -1.54. The summed E-state index contributed by atoms with van der Waals surface area (Å²) in [5.74, 6) is -4.25. The van der Waals surface area contributed by atoms with Gasteiger partial charge in [0.25, 0.3) is 0 Å². The highest BCUT2D eigenvalue weighted by atomic mass is 16.4. The number of aromatic carboxylic acids is 3. The molecule has 2 aromatic rings. The highest BCUT2D eigenvalue weighted by Gasteiger charge is 2.17. The molecule has 0 spiro atoms. The van der Waals surface area contributed by atoms with E-state index in [0.29, 0.717) is 0 Å². The molecule has 3 N–H and O–H groups in total. The largest absolute Gasteiger partial charge is 0.478 e. The van der Waals surface area contributed by atoms with Crippen LogP contribution in [0.25, 0.3) is 5.69 Å². The Bertz CT molecular complexity index is 866. The first-order chi connectivity index (χ1) is 10.7. The zero-order valence-corrected chi connectivity index (χ0v) is 11.7. The summed E-state index contributed by atoms with van der Waals surface area (Å²) in [4.78, 5) is 44.9. The fourth-order valence-electron chi connectivity index (χ4n) is 1.87. The molecule has 0 aliphatic carbocycles. The third-order valence-electron chi connectivity index (χ3n) is 2.98. The van der Waals surface area contributed by atoms with Gasteiger partial charge in [-0.1, -0.05) is 0 Å². The lowest BCUT2D eigenvalue weighted by Crippen LogP contribution is -2.23. The lowest BCUT2D eigenvalue weighted by Gasteiger charge is -2.09. The maximum Gasteiger partial charge on any atom is 0.360 e. The Morgan fingerprint density at radius 3 is 1.91 bits per heavy atom. The van der Waals surface area contributed by atoms with Gasteiger partial charge < -0.3 is 15.3 Å². The van der Waals surface area contributed by atoms with E-state index in [0.717, 1.165) is 22.9 Å². The van der Waals surface area contributed by atoms with Gasteiger partial charge in [-0.05, 0) is 25.1 Å². The van der Waals surface area contributed by atoms with Crippen LogP contribution in [0.15, 0.2) is 29.2 Å². The smallest absolute Gasteiger partial charge is 0.360 e. The minimum absolute atomic E-state index is 0.00731. The lowest BCUT2D eigenvalue weighted by atomic mass is 10.1. The number of aryl methyl sites for hydroxylation is 1. The topological polar surface area (TPSA) is 147 Å². The average molecular weight is 318 g/mol. The lowest BCUT2D eigenvalue weighted by molar-refractivity contribution is 0.0675. The first-order valence-corrected chi connectivity index (χ1v) is 6.16. The van der Waals surface area contributed by atoms with Crippen molar-refractivity contribution in [1.29, 1.82) is 0 Å². The highest BCUT2D eigenvalue weighted by Crippen LogP contribution is 2.15. The van der Waals surface area contributed by atoms with Crippen LogP contribution in [0.1, 0.15) is 36.8 Å². The first-order valence-electron chi connectivity index (χ1n) is 6.16. The first kappa shape index (κ1) is 15.9. The number of benzene rings is 1. The van der Waals surface area contributed by atoms with Crippen molar-refractivity contribution in [3.8, 4) is 5.69 Å². The summed E-state index contributed by atoms with van der Waals surface area (Å²) < 4.78 is 0.957. The van der Waals surface area contributed by atoms with Crippen molar-refractivity contribution in [3.05, 3.63) is 57.0 Å². The molecule has 0 unspecified atom stereocenters. The van der Waals surface area contributed by atoms with Gasteiger partial charge in [0.05, 0.1) is 16.8 Å². The van der Waals surface area contributed by atoms with Crippen LogP contribution in [0.2, 0.25) is 0 Å². The van der Waals surface area contributed by atoms with Crippen LogP contribution in [0.5, 0.6) is 0 Å². The quantitative estimate of drug-likeness (QED) is 0.744. The van der Waals surface area contributed by atoms with Crippen LogP contribution in [0.3, 0.4) is 0 Å². The molecule has 0 amide bonds. The summed E-state index contributed by atoms with van der Waals surface area (Å²) in [6, 6.07) is 3.20. The molecule has 118 valence electrons. The molecular formula is C14H10N2O7. The van der Waals surface area contributed by atoms with Crippen LogP contribution in [0, 0.1) is 6.92 Å². The van der Waals surface area contributed by atoms with Gasteiger partial charge in [0.15, 0.2) is 0 Å². The fourth-order valence-corrected chi connectivity index (χ4v) is 1.87. The molecule has 0 radical (unpaired) electrons. The van der Waals surface area contributed by atoms with Gasteiger partial charge in [-0.15, -0.1) is 0 Å². The predicted molar refractivity (Wildman–Crippen MR) is 75.4 cm³/mol. The second kappa shape index (κ2) is 5.72. The molecule has 2 rings (SSSR count). The number of hydrogen-bond acceptors (Lipinski definition) is 5. The van der Waals surface area contributed by atoms with Crippen molar-refractivity contribution in [2.24, 2.45) is 0 Å². The van der Waals surface area contributed by atoms with Gasteiger partial charge in [-0.25, -0.2) is 19.1 Å². The SMILES string of the molecule is Cc1cn(-c2cc(C(=O)O)cc(C(=O)O)c2)nc(C(=O)O)c1=O. The number of carbonyl (C=O) groups is 3. The van der Waals surface area contributed by atoms with Gasteiger partial charge in [-0.3, -0.25) is 4.79 Å². The molecule has 9 heteroatoms. The molecule has 0 fully saturated rings. The third-order valence-corrected chi connectivity index (χ3v) is 2.98. The summed E-state index contributed by atoms with van der Waals surface area (Å²) in [6.07, 6.45) is 1.20. The maximum atomic E-state index is 11.7. The van der Waals surface area contributed by atoms with E-state index < -0.39 is 29.0 Å². The monoisotopic (exact) mass is 318 g/mol. The highest BCUT2D eigenvalue weighted by molar-refractivity contribution is 5.94. The van der Waals surface area contributed by atoms with Crippen LogP contribution in [-0.2, 0) is 0 Å². The van der Waals surface area contributed by atoms with E-state index in [1.165, 1.54) is 13.1 Å². The van der Waals surface area contributed by atoms with E-state index in [-0.39, 0.29) is 22.4 Å². The number of hydrogen-bond donors (Lipinski definition) is 3. The Morgan fingerprint density at radius 2 is 1.48 bits per heavy atom. The molecule has 0 bridgehead atoms. The van der Waals surface area contributed by atoms with Gasteiger partial charge >= 0.3 is 17.9 Å². The normalized spacial score (nSPS) is 10.3. The predicted octanol–water partition coefficient (Wildman–Crippen LogP) is 0.636. The Morgan fingerprint density at radius 1 is 0.957 bits per heavy atom. The Kier molecular flexibility index (Phi) is 3.95. The van der Waals surface area contributed by atoms with E-state index in [9.17, 15) is 19.2 Å². The molecular weight excluding hydrogens is 308 g/mol. The molecule has 23 heavy (non-hydrogen) atoms. The van der Waals surface area contributed by atoms with E-state index in [4.69, 9.17) is 15.3 Å². The number of rotatable bonds is 4. The second-order valence-electron chi connectivity index (χ2n) is 4.62. The molecule has 0 aliphatic rings. The van der Waals surface area contributed by atoms with Crippen LogP contribution in [-0.4, -0.2) is 43.0 Å². The molecule has 0 saturated carbocycles. The summed E-state index contributed by atoms with van der Waals surface area (Å²) in [5.41, 5.74) is -2.07. The van der Waals surface area contributed by atoms with Crippen molar-refractivity contribution in [2.75, 3.05) is 0 Å². The molecule has 0 aliphatic heterocycles. The van der Waals surface area contributed by atoms with Crippen molar-refractivity contribution < 1.29 is 29.7 Å². The van der Waals surface area contributed by atoms with E-state index in [1.807, 2.05) is 0 Å². The summed E-state index contributed by atoms with van der Waals surface area (Å²) in [5, 5.41) is 30.7. The second-order valence-corrected chi connectivity index (χ2v) is 4.62. The van der Waals surface area contributed by atoms with Crippen molar-refractivity contribution >= 4 is 17.9 Å². The van der Waals surface area contributed by atoms with Gasteiger partial charge in [-0.2, -0.15) is 5.10 Å². The fraction of sp³-hybridized carbons (Fsp3) is 0.0714. The number of carboxylic acids is 3. The van der Waals surface area contributed by atoms with Gasteiger partial charge in [0.1, 0.15) is 0 Å². The average Bonchev–Trinajstić information content (AvgIpc) is 2.48. The molecule has 1 aromatic carbocycles. The molecule has 0 saturated heterocycles. The Labute approximate surface area is 128 Å². The van der Waals surface area contributed by atoms with Gasteiger partial charge in [0.2, 0.25) is 11.1 Å². The van der Waals surface area contributed by atoms with Gasteiger partial charge in [0, 0.05) is 11.8 Å². The number of carboxylic acid groups (broad SMARTS) is 3. The number of aromatic nitrogens is 2. The molecule has 1 aromatic heterocycles. The molecule has 0 atom stereocenters. The van der Waals surface area contributed by atoms with Crippen LogP contribution >= 0.6 is 0 Å². The summed E-state index contributed by atoms with van der Waals surface area (Å²) in [6.45, 7) is 1.37. The zero-order valence-electron chi connectivity index (χ0n) is 11.7. The standard InChI is InChI=1S/C14H10N2O7/c1-6-5-16(15-10(11(6)17)14(22)23)9-3-7(12(18)19)2-8(4-9)13(20)21/h2-5H,1H3,(H,18,19)(H,20,21)(H,22,23). The summed E-state index contributed by atoms with van der Waals surface area (Å²) >= 11 is 0. The van der Waals surface area contributed by atoms with Crippen LogP contribution < -0.4 is 5.43 Å². The van der Waals surface area contributed by atoms with E-state index in [1.54, 1.807) is 0 Å². The zero-order chi connectivity index (χ0) is 17.3. The molecule has 9 nitrogen and oxygen atoms in total. The van der Waals surface area contributed by atoms with Crippen LogP contribution in [0.4, 0.5) is 0 Å². The number of nitrogens with zero attached hydrogens (tertiary/aromatic N) is 2. The van der Waals surface area contributed by atoms with Crippen molar-refractivity contribution in [1.82, 2.24) is 9.78 Å². The minimum Gasteiger partial charge on any atom is -0.478 e. The van der Waals surface area contributed by atoms with Crippen molar-refractivity contribution in [3.63, 3.8) is 0 Å². The Balaban J connectivity index is 2.76. The van der Waals surface area contributed by atoms with E-state index in [2.05, 4.69) is 5.10 Å². The molecule has 1 heterocycles. The van der Waals surface area contributed by atoms with Crippen molar-refractivity contribution in [2.45, 2.75) is 6.92 Å². The Hall–Kier alpha value is -3.49. The third kappa shape index (κ3) is 3.07.